The fourth-order valence-corrected chi connectivity index (χ4v) is 19.5. The molecule has 1 heteroatoms. The molecule has 0 N–H and O–H groups in total. The maximum atomic E-state index is 2.46. The van der Waals surface area contributed by atoms with Crippen LogP contribution in [-0.2, 0) is 0 Å². The third-order valence-corrected chi connectivity index (χ3v) is 18.2. The third kappa shape index (κ3) is 13.7. The zero-order chi connectivity index (χ0) is 18.9. The van der Waals surface area contributed by atoms with Crippen molar-refractivity contribution in [3.05, 3.63) is 0 Å². The normalized spacial score (nSPS) is 15.5. The van der Waals surface area contributed by atoms with Gasteiger partial charge in [0.2, 0.25) is 0 Å². The van der Waals surface area contributed by atoms with Crippen LogP contribution in [0.5, 0.6) is 0 Å². The summed E-state index contributed by atoms with van der Waals surface area (Å²) in [7, 11) is 0. The van der Waals surface area contributed by atoms with E-state index >= 15 is 0 Å². The van der Waals surface area contributed by atoms with Gasteiger partial charge in [-0.25, -0.2) is 0 Å². The molecule has 0 rings (SSSR count). The van der Waals surface area contributed by atoms with E-state index in [0.29, 0.717) is 0 Å². The molecule has 0 fully saturated rings. The molecular weight excluding hydrogens is 497 g/mol. The van der Waals surface area contributed by atoms with Crippen LogP contribution in [0.4, 0.5) is 0 Å². The van der Waals surface area contributed by atoms with Gasteiger partial charge in [0.25, 0.3) is 0 Å². The van der Waals surface area contributed by atoms with Gasteiger partial charge in [-0.3, -0.25) is 0 Å². The monoisotopic (exact) mass is 548 g/mol. The van der Waals surface area contributed by atoms with E-state index in [2.05, 4.69) is 41.5 Å². The number of unbranched alkanes of at least 4 members (excludes halogenated alkanes) is 3. The molecule has 0 bridgehead atoms. The molecular formula is C24H51Bi. The number of hydrogen-bond donors (Lipinski definition) is 0. The zero-order valence-corrected chi connectivity index (χ0v) is 22.3. The average molecular weight is 549 g/mol. The minimum absolute atomic E-state index is 1.07. The van der Waals surface area contributed by atoms with Gasteiger partial charge < -0.3 is 0 Å². The molecule has 0 aliphatic rings. The van der Waals surface area contributed by atoms with Crippen molar-refractivity contribution in [1.82, 2.24) is 0 Å². The maximum absolute atomic E-state index is 2.46. The molecule has 0 saturated heterocycles. The predicted octanol–water partition coefficient (Wildman–Crippen LogP) is 9.13. The molecule has 0 amide bonds. The van der Waals surface area contributed by atoms with E-state index in [9.17, 15) is 0 Å². The standard InChI is InChI=1S/3C8H17.Bi/c3*1-4-6-7-8(3)5-2;/h3*8H,3-7H2,1-2H3;. The van der Waals surface area contributed by atoms with Crippen LogP contribution >= 0.6 is 0 Å². The summed E-state index contributed by atoms with van der Waals surface area (Å²) in [6, 6.07) is 0. The van der Waals surface area contributed by atoms with Gasteiger partial charge in [0.1, 0.15) is 0 Å². The molecule has 0 aliphatic carbocycles. The van der Waals surface area contributed by atoms with E-state index in [4.69, 9.17) is 0 Å². The summed E-state index contributed by atoms with van der Waals surface area (Å²) in [5.41, 5.74) is 0. The van der Waals surface area contributed by atoms with E-state index < -0.39 is 21.8 Å². The van der Waals surface area contributed by atoms with E-state index in [0.717, 1.165) is 17.8 Å². The first-order valence-electron chi connectivity index (χ1n) is 11.9. The van der Waals surface area contributed by atoms with Crippen LogP contribution in [0.3, 0.4) is 0 Å². The predicted molar refractivity (Wildman–Crippen MR) is 120 cm³/mol. The summed E-state index contributed by atoms with van der Waals surface area (Å²) < 4.78 is 5.16. The van der Waals surface area contributed by atoms with Crippen LogP contribution < -0.4 is 0 Å². The van der Waals surface area contributed by atoms with Crippen molar-refractivity contribution in [1.29, 1.82) is 0 Å². The van der Waals surface area contributed by atoms with Gasteiger partial charge in [-0.15, -0.1) is 0 Å². The second kappa shape index (κ2) is 18.3. The fourth-order valence-electron chi connectivity index (χ4n) is 4.07. The van der Waals surface area contributed by atoms with Crippen LogP contribution in [-0.4, -0.2) is 21.8 Å². The first-order chi connectivity index (χ1) is 12.1. The van der Waals surface area contributed by atoms with Crippen molar-refractivity contribution in [2.45, 2.75) is 131 Å². The van der Waals surface area contributed by atoms with Crippen molar-refractivity contribution in [2.75, 3.05) is 0 Å². The van der Waals surface area contributed by atoms with Crippen LogP contribution in [0.15, 0.2) is 0 Å². The topological polar surface area (TPSA) is 0 Å². The van der Waals surface area contributed by atoms with Crippen LogP contribution in [0, 0.1) is 17.8 Å². The van der Waals surface area contributed by atoms with Gasteiger partial charge in [0, 0.05) is 0 Å². The van der Waals surface area contributed by atoms with Crippen LogP contribution in [0.1, 0.15) is 119 Å². The summed E-state index contributed by atoms with van der Waals surface area (Å²) in [4.78, 5) is 0. The Labute approximate surface area is 170 Å². The van der Waals surface area contributed by atoms with Gasteiger partial charge in [-0.2, -0.15) is 0 Å². The fraction of sp³-hybridized carbons (Fsp3) is 1.00. The Morgan fingerprint density at radius 2 is 0.760 bits per heavy atom. The molecule has 0 nitrogen and oxygen atoms in total. The minimum atomic E-state index is -1.33. The molecule has 0 spiro atoms. The van der Waals surface area contributed by atoms with Gasteiger partial charge in [-0.1, -0.05) is 0 Å². The molecule has 0 aromatic rings. The van der Waals surface area contributed by atoms with E-state index in [1.54, 1.807) is 12.4 Å². The molecule has 0 heterocycles. The summed E-state index contributed by atoms with van der Waals surface area (Å²) in [5.74, 6) is 3.22. The van der Waals surface area contributed by atoms with Crippen molar-refractivity contribution >= 4 is 21.8 Å². The summed E-state index contributed by atoms with van der Waals surface area (Å²) in [6.07, 6.45) is 17.5. The Morgan fingerprint density at radius 3 is 0.960 bits per heavy atom. The summed E-state index contributed by atoms with van der Waals surface area (Å²) in [6.45, 7) is 14.5. The van der Waals surface area contributed by atoms with Crippen molar-refractivity contribution < 1.29 is 0 Å². The molecule has 0 radical (unpaired) electrons. The second-order valence-electron chi connectivity index (χ2n) is 8.47. The first kappa shape index (κ1) is 25.9. The molecule has 0 aromatic heterocycles. The van der Waals surface area contributed by atoms with Crippen molar-refractivity contribution in [3.8, 4) is 0 Å². The zero-order valence-electron chi connectivity index (χ0n) is 18.8. The number of hydrogen-bond acceptors (Lipinski definition) is 0. The van der Waals surface area contributed by atoms with E-state index in [-0.39, 0.29) is 0 Å². The summed E-state index contributed by atoms with van der Waals surface area (Å²) in [5, 5.41) is 0. The molecule has 152 valence electrons. The van der Waals surface area contributed by atoms with Crippen LogP contribution in [0.2, 0.25) is 12.4 Å². The average Bonchev–Trinajstić information content (AvgIpc) is 2.64. The SMILES string of the molecule is CCCCC(CC)[CH2][Bi]([CH2]C(CC)CCCC)[CH2]C(CC)CCCC. The molecule has 25 heavy (non-hydrogen) atoms. The van der Waals surface area contributed by atoms with Crippen LogP contribution in [0.25, 0.3) is 0 Å². The quantitative estimate of drug-likeness (QED) is 0.150. The molecule has 3 unspecified atom stereocenters. The second-order valence-corrected chi connectivity index (χ2v) is 17.9. The molecule has 0 aliphatic heterocycles. The van der Waals surface area contributed by atoms with Gasteiger partial charge in [0.15, 0.2) is 0 Å². The molecule has 3 atom stereocenters. The Bertz CT molecular complexity index is 220. The first-order valence-corrected chi connectivity index (χ1v) is 19.2. The van der Waals surface area contributed by atoms with E-state index in [1.807, 2.05) is 0 Å². The van der Waals surface area contributed by atoms with Gasteiger partial charge in [-0.05, 0) is 0 Å². The Balaban J connectivity index is 4.80. The van der Waals surface area contributed by atoms with Crippen molar-refractivity contribution in [3.63, 3.8) is 0 Å². The number of rotatable bonds is 18. The Hall–Kier alpha value is 0.883. The molecule has 0 saturated carbocycles. The van der Waals surface area contributed by atoms with Crippen molar-refractivity contribution in [2.24, 2.45) is 17.8 Å². The van der Waals surface area contributed by atoms with Gasteiger partial charge in [0.05, 0.1) is 0 Å². The van der Waals surface area contributed by atoms with Gasteiger partial charge >= 0.3 is 170 Å². The third-order valence-electron chi connectivity index (χ3n) is 6.18. The van der Waals surface area contributed by atoms with E-state index in [1.165, 1.54) is 77.0 Å². The Kier molecular flexibility index (Phi) is 18.9. The Morgan fingerprint density at radius 1 is 0.480 bits per heavy atom. The molecule has 0 aromatic carbocycles. The summed E-state index contributed by atoms with van der Waals surface area (Å²) >= 11 is -1.33.